The van der Waals surface area contributed by atoms with Gasteiger partial charge < -0.3 is 9.64 Å². The first kappa shape index (κ1) is 15.0. The van der Waals surface area contributed by atoms with E-state index in [9.17, 15) is 9.59 Å². The van der Waals surface area contributed by atoms with Crippen molar-refractivity contribution in [3.05, 3.63) is 21.4 Å². The molecule has 0 aliphatic carbocycles. The third-order valence-electron chi connectivity index (χ3n) is 4.02. The summed E-state index contributed by atoms with van der Waals surface area (Å²) in [6.07, 6.45) is 0.941. The molecule has 0 aromatic carbocycles. The number of hydrogen-bond acceptors (Lipinski definition) is 4. The van der Waals surface area contributed by atoms with Crippen LogP contribution in [0.15, 0.2) is 6.07 Å². The number of nitrogens with zero attached hydrogens (tertiary/aromatic N) is 1. The average Bonchev–Trinajstić information content (AvgIpc) is 3.00. The van der Waals surface area contributed by atoms with Gasteiger partial charge in [-0.1, -0.05) is 13.8 Å². The van der Waals surface area contributed by atoms with E-state index in [1.807, 2.05) is 19.9 Å². The fourth-order valence-electron chi connectivity index (χ4n) is 2.72. The van der Waals surface area contributed by atoms with Crippen LogP contribution in [-0.4, -0.2) is 37.0 Å². The molecule has 0 spiro atoms. The maximum atomic E-state index is 12.5. The Morgan fingerprint density at radius 2 is 2.15 bits per heavy atom. The number of hydrogen-bond donors (Lipinski definition) is 0. The smallest absolute Gasteiger partial charge is 0.310 e. The first-order chi connectivity index (χ1) is 9.47. The van der Waals surface area contributed by atoms with Crippen LogP contribution in [0.5, 0.6) is 0 Å². The van der Waals surface area contributed by atoms with Crippen molar-refractivity contribution in [1.29, 1.82) is 0 Å². The van der Waals surface area contributed by atoms with Gasteiger partial charge in [-0.2, -0.15) is 0 Å². The molecule has 0 bridgehead atoms. The van der Waals surface area contributed by atoms with Gasteiger partial charge in [0.15, 0.2) is 0 Å². The first-order valence-corrected chi connectivity index (χ1v) is 7.76. The second-order valence-electron chi connectivity index (χ2n) is 5.36. The van der Waals surface area contributed by atoms with Crippen LogP contribution in [0.1, 0.15) is 34.0 Å². The van der Waals surface area contributed by atoms with Gasteiger partial charge in [-0.3, -0.25) is 9.59 Å². The highest BCUT2D eigenvalue weighted by Gasteiger charge is 2.38. The van der Waals surface area contributed by atoms with Crippen LogP contribution in [0.4, 0.5) is 0 Å². The molecule has 0 N–H and O–H groups in total. The fourth-order valence-corrected chi connectivity index (χ4v) is 3.80. The molecule has 2 rings (SSSR count). The number of esters is 1. The Morgan fingerprint density at radius 3 is 2.70 bits per heavy atom. The summed E-state index contributed by atoms with van der Waals surface area (Å²) in [5.74, 6) is -0.228. The summed E-state index contributed by atoms with van der Waals surface area (Å²) in [4.78, 5) is 27.9. The van der Waals surface area contributed by atoms with Crippen molar-refractivity contribution < 1.29 is 14.3 Å². The number of thiophene rings is 1. The lowest BCUT2D eigenvalue weighted by molar-refractivity contribution is -0.146. The summed E-state index contributed by atoms with van der Waals surface area (Å²) in [5.41, 5.74) is 1.23. The molecule has 1 aliphatic rings. The zero-order valence-electron chi connectivity index (χ0n) is 12.4. The van der Waals surface area contributed by atoms with Crippen LogP contribution < -0.4 is 0 Å². The molecule has 110 valence electrons. The number of likely N-dealkylation sites (tertiary alicyclic amines) is 1. The van der Waals surface area contributed by atoms with Gasteiger partial charge in [0.25, 0.3) is 5.91 Å². The van der Waals surface area contributed by atoms with E-state index >= 15 is 0 Å². The lowest BCUT2D eigenvalue weighted by atomic mass is 9.99. The standard InChI is InChI=1S/C15H21NO3S/c1-5-11-6-13(20-10(11)3)14(17)16-7-9(2)12(8-16)15(18)19-4/h6,9,12H,5,7-8H2,1-4H3. The van der Waals surface area contributed by atoms with Gasteiger partial charge in [0.1, 0.15) is 0 Å². The molecule has 1 amide bonds. The highest BCUT2D eigenvalue weighted by atomic mass is 32.1. The van der Waals surface area contributed by atoms with Crippen molar-refractivity contribution >= 4 is 23.2 Å². The topological polar surface area (TPSA) is 46.6 Å². The van der Waals surface area contributed by atoms with E-state index in [2.05, 4.69) is 6.92 Å². The monoisotopic (exact) mass is 295 g/mol. The van der Waals surface area contributed by atoms with E-state index < -0.39 is 0 Å². The van der Waals surface area contributed by atoms with Gasteiger partial charge in [-0.25, -0.2) is 0 Å². The van der Waals surface area contributed by atoms with Gasteiger partial charge in [-0.15, -0.1) is 11.3 Å². The summed E-state index contributed by atoms with van der Waals surface area (Å²) >= 11 is 1.54. The molecule has 4 nitrogen and oxygen atoms in total. The van der Waals surface area contributed by atoms with Crippen molar-refractivity contribution in [3.8, 4) is 0 Å². The third kappa shape index (κ3) is 2.73. The van der Waals surface area contributed by atoms with E-state index in [0.717, 1.165) is 11.3 Å². The van der Waals surface area contributed by atoms with E-state index in [-0.39, 0.29) is 23.7 Å². The molecule has 5 heteroatoms. The largest absolute Gasteiger partial charge is 0.469 e. The number of carbonyl (C=O) groups excluding carboxylic acids is 2. The van der Waals surface area contributed by atoms with Crippen molar-refractivity contribution in [2.45, 2.75) is 27.2 Å². The molecular weight excluding hydrogens is 274 g/mol. The van der Waals surface area contributed by atoms with Crippen LogP contribution in [0.25, 0.3) is 0 Å². The highest BCUT2D eigenvalue weighted by Crippen LogP contribution is 2.28. The van der Waals surface area contributed by atoms with Crippen LogP contribution in [0.3, 0.4) is 0 Å². The molecule has 20 heavy (non-hydrogen) atoms. The van der Waals surface area contributed by atoms with Crippen LogP contribution in [-0.2, 0) is 16.0 Å². The summed E-state index contributed by atoms with van der Waals surface area (Å²) < 4.78 is 4.80. The molecule has 1 saturated heterocycles. The van der Waals surface area contributed by atoms with Crippen LogP contribution >= 0.6 is 11.3 Å². The number of amides is 1. The Kier molecular flexibility index (Phi) is 4.48. The molecular formula is C15H21NO3S. The summed E-state index contributed by atoms with van der Waals surface area (Å²) in [7, 11) is 1.40. The third-order valence-corrected chi connectivity index (χ3v) is 5.10. The van der Waals surface area contributed by atoms with Gasteiger partial charge in [0.05, 0.1) is 17.9 Å². The van der Waals surface area contributed by atoms with Crippen molar-refractivity contribution in [2.24, 2.45) is 11.8 Å². The molecule has 2 atom stereocenters. The minimum Gasteiger partial charge on any atom is -0.469 e. The van der Waals surface area contributed by atoms with Crippen LogP contribution in [0, 0.1) is 18.8 Å². The summed E-state index contributed by atoms with van der Waals surface area (Å²) in [5, 5.41) is 0. The quantitative estimate of drug-likeness (QED) is 0.805. The zero-order valence-corrected chi connectivity index (χ0v) is 13.3. The second kappa shape index (κ2) is 5.95. The Bertz CT molecular complexity index is 523. The van der Waals surface area contributed by atoms with E-state index in [1.54, 1.807) is 16.2 Å². The molecule has 1 aromatic rings. The number of methoxy groups -OCH3 is 1. The zero-order chi connectivity index (χ0) is 14.9. The summed E-state index contributed by atoms with van der Waals surface area (Å²) in [6.45, 7) is 7.22. The minimum atomic E-state index is -0.218. The number of rotatable bonds is 3. The minimum absolute atomic E-state index is 0.0380. The predicted molar refractivity (Wildman–Crippen MR) is 79.0 cm³/mol. The Morgan fingerprint density at radius 1 is 1.45 bits per heavy atom. The predicted octanol–water partition coefficient (Wildman–Crippen LogP) is 2.50. The molecule has 1 fully saturated rings. The SMILES string of the molecule is CCc1cc(C(=O)N2CC(C)C(C(=O)OC)C2)sc1C. The normalized spacial score (nSPS) is 22.1. The number of carbonyl (C=O) groups is 2. The first-order valence-electron chi connectivity index (χ1n) is 6.94. The van der Waals surface area contributed by atoms with E-state index in [4.69, 9.17) is 4.74 Å². The lowest BCUT2D eigenvalue weighted by Crippen LogP contribution is -2.29. The molecule has 1 aliphatic heterocycles. The maximum absolute atomic E-state index is 12.5. The van der Waals surface area contributed by atoms with Gasteiger partial charge in [-0.05, 0) is 30.9 Å². The lowest BCUT2D eigenvalue weighted by Gasteiger charge is -2.14. The average molecular weight is 295 g/mol. The van der Waals surface area contributed by atoms with Crippen molar-refractivity contribution in [2.75, 3.05) is 20.2 Å². The van der Waals surface area contributed by atoms with Crippen molar-refractivity contribution in [1.82, 2.24) is 4.90 Å². The van der Waals surface area contributed by atoms with Gasteiger partial charge in [0.2, 0.25) is 0 Å². The van der Waals surface area contributed by atoms with E-state index in [0.29, 0.717) is 13.1 Å². The molecule has 1 aromatic heterocycles. The number of aryl methyl sites for hydroxylation is 2. The molecule has 2 unspecified atom stereocenters. The van der Waals surface area contributed by atoms with Crippen LogP contribution in [0.2, 0.25) is 0 Å². The van der Waals surface area contributed by atoms with Gasteiger partial charge in [0, 0.05) is 18.0 Å². The van der Waals surface area contributed by atoms with Crippen molar-refractivity contribution in [3.63, 3.8) is 0 Å². The summed E-state index contributed by atoms with van der Waals surface area (Å²) in [6, 6.07) is 1.98. The fraction of sp³-hybridized carbons (Fsp3) is 0.600. The Labute approximate surface area is 123 Å². The Balaban J connectivity index is 2.12. The highest BCUT2D eigenvalue weighted by molar-refractivity contribution is 7.14. The van der Waals surface area contributed by atoms with Gasteiger partial charge >= 0.3 is 5.97 Å². The Hall–Kier alpha value is -1.36. The number of ether oxygens (including phenoxy) is 1. The second-order valence-corrected chi connectivity index (χ2v) is 6.62. The molecule has 0 radical (unpaired) electrons. The molecule has 0 saturated carbocycles. The van der Waals surface area contributed by atoms with E-state index in [1.165, 1.54) is 17.6 Å². The molecule has 2 heterocycles. The maximum Gasteiger partial charge on any atom is 0.310 e.